The summed E-state index contributed by atoms with van der Waals surface area (Å²) in [5, 5.41) is 17.8. The van der Waals surface area contributed by atoms with Crippen LogP contribution in [-0.2, 0) is 16.0 Å². The molecule has 0 aromatic heterocycles. The van der Waals surface area contributed by atoms with Crippen LogP contribution in [0.2, 0.25) is 0 Å². The van der Waals surface area contributed by atoms with E-state index >= 15 is 0 Å². The number of aliphatic carboxylic acids is 1. The monoisotopic (exact) mass is 278 g/mol. The zero-order chi connectivity index (χ0) is 14.7. The van der Waals surface area contributed by atoms with E-state index in [1.807, 2.05) is 12.1 Å². The summed E-state index contributed by atoms with van der Waals surface area (Å²) < 4.78 is 0. The van der Waals surface area contributed by atoms with Gasteiger partial charge < -0.3 is 20.0 Å². The lowest BCUT2D eigenvalue weighted by Crippen LogP contribution is -2.37. The van der Waals surface area contributed by atoms with Crippen molar-refractivity contribution in [1.82, 2.24) is 0 Å². The van der Waals surface area contributed by atoms with Gasteiger partial charge in [0.2, 0.25) is 5.91 Å². The van der Waals surface area contributed by atoms with Crippen LogP contribution in [0, 0.1) is 0 Å². The van der Waals surface area contributed by atoms with Crippen molar-refractivity contribution < 1.29 is 19.8 Å². The Morgan fingerprint density at radius 1 is 1.40 bits per heavy atom. The third-order valence-electron chi connectivity index (χ3n) is 3.40. The highest BCUT2D eigenvalue weighted by Gasteiger charge is 2.24. The van der Waals surface area contributed by atoms with Crippen molar-refractivity contribution in [3.05, 3.63) is 23.8 Å². The summed E-state index contributed by atoms with van der Waals surface area (Å²) in [6.07, 6.45) is 1.06. The first-order chi connectivity index (χ1) is 9.52. The summed E-state index contributed by atoms with van der Waals surface area (Å²) in [6, 6.07) is 5.52. The van der Waals surface area contributed by atoms with E-state index in [4.69, 9.17) is 10.2 Å². The van der Waals surface area contributed by atoms with Gasteiger partial charge in [0.25, 0.3) is 0 Å². The SMILES string of the molecule is CN(CC(=O)O)c1ccc2c(c1)CCC(=O)N2CCO. The summed E-state index contributed by atoms with van der Waals surface area (Å²) in [5.41, 5.74) is 2.63. The van der Waals surface area contributed by atoms with Crippen LogP contribution >= 0.6 is 0 Å². The molecule has 108 valence electrons. The fraction of sp³-hybridized carbons (Fsp3) is 0.429. The van der Waals surface area contributed by atoms with Gasteiger partial charge in [0.1, 0.15) is 6.54 Å². The normalized spacial score (nSPS) is 14.1. The van der Waals surface area contributed by atoms with Crippen molar-refractivity contribution >= 4 is 23.3 Å². The topological polar surface area (TPSA) is 81.1 Å². The summed E-state index contributed by atoms with van der Waals surface area (Å²) in [7, 11) is 1.72. The molecule has 0 spiro atoms. The van der Waals surface area contributed by atoms with Crippen LogP contribution in [0.15, 0.2) is 18.2 Å². The molecule has 20 heavy (non-hydrogen) atoms. The summed E-state index contributed by atoms with van der Waals surface area (Å²) >= 11 is 0. The van der Waals surface area contributed by atoms with Crippen LogP contribution in [0.3, 0.4) is 0 Å². The van der Waals surface area contributed by atoms with Crippen molar-refractivity contribution in [2.24, 2.45) is 0 Å². The number of rotatable bonds is 5. The van der Waals surface area contributed by atoms with Gasteiger partial charge in [0.15, 0.2) is 0 Å². The molecular weight excluding hydrogens is 260 g/mol. The highest BCUT2D eigenvalue weighted by molar-refractivity contribution is 5.96. The largest absolute Gasteiger partial charge is 0.480 e. The highest BCUT2D eigenvalue weighted by atomic mass is 16.4. The minimum atomic E-state index is -0.887. The standard InChI is InChI=1S/C14H18N2O4/c1-15(9-14(19)20)11-3-4-12-10(8-11)2-5-13(18)16(12)6-7-17/h3-4,8,17H,2,5-7,9H2,1H3,(H,19,20). The van der Waals surface area contributed by atoms with Crippen LogP contribution in [0.5, 0.6) is 0 Å². The molecule has 0 aliphatic carbocycles. The summed E-state index contributed by atoms with van der Waals surface area (Å²) in [6.45, 7) is 0.139. The van der Waals surface area contributed by atoms with E-state index in [1.54, 1.807) is 22.9 Å². The maximum Gasteiger partial charge on any atom is 0.323 e. The van der Waals surface area contributed by atoms with Gasteiger partial charge in [-0.05, 0) is 30.2 Å². The first-order valence-electron chi connectivity index (χ1n) is 6.50. The molecule has 6 heteroatoms. The molecule has 1 aliphatic heterocycles. The Balaban J connectivity index is 2.27. The minimum absolute atomic E-state index is 0.0122. The van der Waals surface area contributed by atoms with Crippen LogP contribution in [0.25, 0.3) is 0 Å². The third-order valence-corrected chi connectivity index (χ3v) is 3.40. The van der Waals surface area contributed by atoms with Crippen molar-refractivity contribution in [3.63, 3.8) is 0 Å². The lowest BCUT2D eigenvalue weighted by molar-refractivity contribution is -0.135. The smallest absolute Gasteiger partial charge is 0.323 e. The lowest BCUT2D eigenvalue weighted by atomic mass is 10.00. The number of hydrogen-bond acceptors (Lipinski definition) is 4. The van der Waals surface area contributed by atoms with Crippen molar-refractivity contribution in [3.8, 4) is 0 Å². The molecular formula is C14H18N2O4. The van der Waals surface area contributed by atoms with E-state index in [2.05, 4.69) is 0 Å². The van der Waals surface area contributed by atoms with Gasteiger partial charge in [-0.3, -0.25) is 9.59 Å². The Kier molecular flexibility index (Phi) is 4.24. The Bertz CT molecular complexity index is 530. The zero-order valence-electron chi connectivity index (χ0n) is 11.4. The zero-order valence-corrected chi connectivity index (χ0v) is 11.4. The van der Waals surface area contributed by atoms with Gasteiger partial charge in [0.05, 0.1) is 6.61 Å². The predicted octanol–water partition coefficient (Wildman–Crippen LogP) is 0.479. The number of likely N-dealkylation sites (N-methyl/N-ethyl adjacent to an activating group) is 1. The van der Waals surface area contributed by atoms with Crippen LogP contribution < -0.4 is 9.80 Å². The second kappa shape index (κ2) is 5.92. The molecule has 1 aromatic rings. The molecule has 1 aromatic carbocycles. The number of carboxylic acid groups (broad SMARTS) is 1. The number of anilines is 2. The fourth-order valence-corrected chi connectivity index (χ4v) is 2.42. The summed E-state index contributed by atoms with van der Waals surface area (Å²) in [5.74, 6) is -0.875. The van der Waals surface area contributed by atoms with E-state index in [0.717, 1.165) is 16.9 Å². The molecule has 0 saturated carbocycles. The number of aliphatic hydroxyl groups is 1. The number of β-amino-alcohol motifs (C(OH)–C–C–N with tert-alkyl or cyclic N) is 1. The Labute approximate surface area is 117 Å². The Hall–Kier alpha value is -2.08. The maximum atomic E-state index is 11.8. The number of benzene rings is 1. The number of amides is 1. The molecule has 0 atom stereocenters. The van der Waals surface area contributed by atoms with Crippen LogP contribution in [0.4, 0.5) is 11.4 Å². The van der Waals surface area contributed by atoms with E-state index in [0.29, 0.717) is 12.8 Å². The van der Waals surface area contributed by atoms with Crippen LogP contribution in [-0.4, -0.2) is 48.8 Å². The molecule has 0 saturated heterocycles. The van der Waals surface area contributed by atoms with Crippen molar-refractivity contribution in [2.45, 2.75) is 12.8 Å². The molecule has 0 bridgehead atoms. The van der Waals surface area contributed by atoms with E-state index < -0.39 is 5.97 Å². The number of carboxylic acids is 1. The average molecular weight is 278 g/mol. The minimum Gasteiger partial charge on any atom is -0.480 e. The van der Waals surface area contributed by atoms with E-state index in [-0.39, 0.29) is 25.6 Å². The number of hydrogen-bond donors (Lipinski definition) is 2. The quantitative estimate of drug-likeness (QED) is 0.818. The first-order valence-corrected chi connectivity index (χ1v) is 6.50. The van der Waals surface area contributed by atoms with Crippen molar-refractivity contribution in [2.75, 3.05) is 36.5 Å². The third kappa shape index (κ3) is 2.91. The number of fused-ring (bicyclic) bond motifs is 1. The highest BCUT2D eigenvalue weighted by Crippen LogP contribution is 2.31. The van der Waals surface area contributed by atoms with Gasteiger partial charge in [-0.2, -0.15) is 0 Å². The Morgan fingerprint density at radius 3 is 2.80 bits per heavy atom. The van der Waals surface area contributed by atoms with Crippen molar-refractivity contribution in [1.29, 1.82) is 0 Å². The molecule has 0 radical (unpaired) electrons. The second-order valence-electron chi connectivity index (χ2n) is 4.83. The number of aryl methyl sites for hydroxylation is 1. The molecule has 0 unspecified atom stereocenters. The van der Waals surface area contributed by atoms with Crippen LogP contribution in [0.1, 0.15) is 12.0 Å². The second-order valence-corrected chi connectivity index (χ2v) is 4.83. The average Bonchev–Trinajstić information content (AvgIpc) is 2.41. The maximum absolute atomic E-state index is 11.8. The number of aliphatic hydroxyl groups excluding tert-OH is 1. The molecule has 6 nitrogen and oxygen atoms in total. The molecule has 0 fully saturated rings. The Morgan fingerprint density at radius 2 is 2.15 bits per heavy atom. The van der Waals surface area contributed by atoms with Gasteiger partial charge in [0, 0.05) is 31.4 Å². The number of carbonyl (C=O) groups excluding carboxylic acids is 1. The summed E-state index contributed by atoms with van der Waals surface area (Å²) in [4.78, 5) is 25.8. The van der Waals surface area contributed by atoms with Gasteiger partial charge >= 0.3 is 5.97 Å². The number of nitrogens with zero attached hydrogens (tertiary/aromatic N) is 2. The molecule has 2 rings (SSSR count). The van der Waals surface area contributed by atoms with Gasteiger partial charge in [-0.25, -0.2) is 0 Å². The predicted molar refractivity (Wildman–Crippen MR) is 75.1 cm³/mol. The number of carbonyl (C=O) groups is 2. The first kappa shape index (κ1) is 14.3. The molecule has 1 heterocycles. The van der Waals surface area contributed by atoms with E-state index in [9.17, 15) is 9.59 Å². The molecule has 2 N–H and O–H groups in total. The lowest BCUT2D eigenvalue weighted by Gasteiger charge is -2.30. The van der Waals surface area contributed by atoms with Gasteiger partial charge in [-0.1, -0.05) is 0 Å². The van der Waals surface area contributed by atoms with Gasteiger partial charge in [-0.15, -0.1) is 0 Å². The molecule has 1 aliphatic rings. The molecule has 1 amide bonds. The van der Waals surface area contributed by atoms with E-state index in [1.165, 1.54) is 0 Å². The fourth-order valence-electron chi connectivity index (χ4n) is 2.42.